The zero-order valence-electron chi connectivity index (χ0n) is 31.5. The van der Waals surface area contributed by atoms with E-state index in [9.17, 15) is 19.2 Å². The van der Waals surface area contributed by atoms with E-state index in [1.807, 2.05) is 54.3 Å². The summed E-state index contributed by atoms with van der Waals surface area (Å²) >= 11 is 3.62. The number of aromatic nitrogens is 4. The second kappa shape index (κ2) is 14.4. The van der Waals surface area contributed by atoms with E-state index in [1.165, 1.54) is 22.5 Å². The van der Waals surface area contributed by atoms with Crippen molar-refractivity contribution in [3.8, 4) is 0 Å². The molecule has 286 valence electrons. The highest BCUT2D eigenvalue weighted by molar-refractivity contribution is 9.10. The summed E-state index contributed by atoms with van der Waals surface area (Å²) in [5.41, 5.74) is 5.17. The Balaban J connectivity index is 0.000000150. The van der Waals surface area contributed by atoms with Gasteiger partial charge in [0.05, 0.1) is 23.1 Å². The Morgan fingerprint density at radius 2 is 1.15 bits per heavy atom. The Morgan fingerprint density at radius 1 is 0.692 bits per heavy atom. The number of allylic oxidation sites excluding steroid dienone is 1. The number of hydrogen-bond acceptors (Lipinski definition) is 7. The van der Waals surface area contributed by atoms with Crippen LogP contribution >= 0.6 is 15.9 Å². The van der Waals surface area contributed by atoms with Crippen LogP contribution in [0.2, 0.25) is 0 Å². The van der Waals surface area contributed by atoms with E-state index in [4.69, 9.17) is 10.2 Å². The third-order valence-electron chi connectivity index (χ3n) is 13.4. The Bertz CT molecular complexity index is 1780. The summed E-state index contributed by atoms with van der Waals surface area (Å²) < 4.78 is 4.92. The zero-order chi connectivity index (χ0) is 37.2. The van der Waals surface area contributed by atoms with E-state index in [2.05, 4.69) is 41.1 Å². The summed E-state index contributed by atoms with van der Waals surface area (Å²) in [5.74, 6) is 0.681. The predicted molar refractivity (Wildman–Crippen MR) is 203 cm³/mol. The Morgan fingerprint density at radius 3 is 1.69 bits per heavy atom. The van der Waals surface area contributed by atoms with Gasteiger partial charge in [0.2, 0.25) is 17.7 Å². The molecule has 1 N–H and O–H groups in total. The number of aliphatic hydroxyl groups excluding tert-OH is 1. The smallest absolute Gasteiger partial charge is 0.222 e. The van der Waals surface area contributed by atoms with Gasteiger partial charge in [0.1, 0.15) is 4.60 Å². The average Bonchev–Trinajstić information content (AvgIpc) is 3.64. The first-order valence-electron chi connectivity index (χ1n) is 18.4. The molecule has 2 aromatic heterocycles. The number of Topliss-reactive ketones (excluding diaryl/α,β-unsaturated/α-hetero) is 1. The fourth-order valence-corrected chi connectivity index (χ4v) is 10.6. The van der Waals surface area contributed by atoms with Crippen LogP contribution in [0.15, 0.2) is 22.6 Å². The molecule has 3 aliphatic carbocycles. The van der Waals surface area contributed by atoms with Crippen molar-refractivity contribution in [2.45, 2.75) is 134 Å². The number of carbonyl (C=O) groups excluding carboxylic acids is 4. The SMILES string of the molecule is C.CN1C(=O)CC[C@]2(C)C(=O)/C(=C/O)CC[C@@H]12.CN1C(=O)CC[C@]2(C)c3nn(C)c(Br)c3CC[C@@H]12.CN1C(=O)CC[C@]2(C)c3nn(C)cc3CC[C@@H]12. The van der Waals surface area contributed by atoms with Gasteiger partial charge in [-0.25, -0.2) is 0 Å². The van der Waals surface area contributed by atoms with Crippen molar-refractivity contribution in [3.05, 3.63) is 45.1 Å². The van der Waals surface area contributed by atoms with Crippen molar-refractivity contribution >= 4 is 39.4 Å². The summed E-state index contributed by atoms with van der Waals surface area (Å²) in [4.78, 5) is 53.1. The van der Waals surface area contributed by atoms with Gasteiger partial charge in [0, 0.05) is 101 Å². The number of ketones is 1. The number of amides is 3. The number of halogens is 1. The predicted octanol–water partition coefficient (Wildman–Crippen LogP) is 5.31. The number of likely N-dealkylation sites (tertiary alicyclic amines) is 3. The molecule has 0 spiro atoms. The van der Waals surface area contributed by atoms with Gasteiger partial charge in [-0.05, 0) is 79.3 Å². The van der Waals surface area contributed by atoms with Gasteiger partial charge >= 0.3 is 0 Å². The minimum atomic E-state index is -0.504. The first-order chi connectivity index (χ1) is 24.0. The quantitative estimate of drug-likeness (QED) is 0.283. The molecule has 6 atom stereocenters. The number of carbonyl (C=O) groups is 4. The molecule has 52 heavy (non-hydrogen) atoms. The summed E-state index contributed by atoms with van der Waals surface area (Å²) in [6.45, 7) is 6.44. The van der Waals surface area contributed by atoms with E-state index in [0.29, 0.717) is 49.8 Å². The molecule has 0 bridgehead atoms. The van der Waals surface area contributed by atoms with Crippen molar-refractivity contribution in [2.75, 3.05) is 21.1 Å². The molecular formula is C39H58BrN7O5. The van der Waals surface area contributed by atoms with Crippen LogP contribution < -0.4 is 0 Å². The summed E-state index contributed by atoms with van der Waals surface area (Å²) in [6, 6.07) is 0.615. The molecule has 2 aromatic rings. The molecule has 0 radical (unpaired) electrons. The lowest BCUT2D eigenvalue weighted by Crippen LogP contribution is -2.57. The number of likely N-dealkylation sites (N-methyl/N-ethyl adjacent to an activating group) is 2. The van der Waals surface area contributed by atoms with Crippen LogP contribution in [0.1, 0.15) is 115 Å². The van der Waals surface area contributed by atoms with Crippen LogP contribution in [0, 0.1) is 5.41 Å². The summed E-state index contributed by atoms with van der Waals surface area (Å²) in [5, 5.41) is 18.4. The minimum Gasteiger partial charge on any atom is -0.515 e. The lowest BCUT2D eigenvalue weighted by atomic mass is 9.64. The van der Waals surface area contributed by atoms with Crippen molar-refractivity contribution in [1.29, 1.82) is 0 Å². The number of aryl methyl sites for hydroxylation is 3. The molecule has 8 rings (SSSR count). The highest BCUT2D eigenvalue weighted by atomic mass is 79.9. The maximum Gasteiger partial charge on any atom is 0.222 e. The van der Waals surface area contributed by atoms with Crippen molar-refractivity contribution in [1.82, 2.24) is 34.3 Å². The monoisotopic (exact) mass is 783 g/mol. The van der Waals surface area contributed by atoms with E-state index in [0.717, 1.165) is 55.8 Å². The van der Waals surface area contributed by atoms with Crippen LogP contribution in [-0.2, 0) is 56.9 Å². The zero-order valence-corrected chi connectivity index (χ0v) is 33.0. The highest BCUT2D eigenvalue weighted by Crippen LogP contribution is 2.48. The standard InChI is InChI=1S/C13H18BrN3O.C13H19N3O.C12H17NO3.CH4/c1-13-7-6-10(18)16(2)9(13)5-4-8-11(13)15-17(3)12(8)14;1-13-7-6-11(17)16(3)10(13)5-4-9-8-15(2)14-12(9)13;1-12-6-5-10(15)13(2)9(12)4-3-8(7-14)11(12)16;/h9H,4-7H2,1-3H3;8,10H,4-7H2,1-3H3;7,9,14H,3-6H2,1-2H3;1H4/b;;8-7+;/t9-,13+;10-,13+;9-,12+;/m111./s1. The first kappa shape index (κ1) is 39.7. The Labute approximate surface area is 317 Å². The van der Waals surface area contributed by atoms with E-state index in [-0.39, 0.29) is 47.8 Å². The van der Waals surface area contributed by atoms with Gasteiger partial charge in [-0.2, -0.15) is 10.2 Å². The van der Waals surface area contributed by atoms with Crippen LogP contribution in [0.3, 0.4) is 0 Å². The topological polar surface area (TPSA) is 134 Å². The molecule has 0 aromatic carbocycles. The van der Waals surface area contributed by atoms with Gasteiger partial charge < -0.3 is 19.8 Å². The average molecular weight is 785 g/mol. The number of hydrogen-bond donors (Lipinski definition) is 1. The molecule has 13 heteroatoms. The van der Waals surface area contributed by atoms with Crippen LogP contribution in [0.25, 0.3) is 0 Å². The maximum absolute atomic E-state index is 12.2. The minimum absolute atomic E-state index is 0. The first-order valence-corrected chi connectivity index (χ1v) is 19.2. The third kappa shape index (κ3) is 6.32. The van der Waals surface area contributed by atoms with Gasteiger partial charge in [0.15, 0.2) is 5.78 Å². The summed E-state index contributed by atoms with van der Waals surface area (Å²) in [6.07, 6.45) is 12.7. The molecule has 4 fully saturated rings. The van der Waals surface area contributed by atoms with Crippen molar-refractivity contribution in [3.63, 3.8) is 0 Å². The van der Waals surface area contributed by atoms with Crippen LogP contribution in [0.5, 0.6) is 0 Å². The highest BCUT2D eigenvalue weighted by Gasteiger charge is 2.52. The van der Waals surface area contributed by atoms with Gasteiger partial charge in [-0.3, -0.25) is 28.5 Å². The van der Waals surface area contributed by atoms with E-state index >= 15 is 0 Å². The number of aliphatic hydroxyl groups is 1. The van der Waals surface area contributed by atoms with Crippen LogP contribution in [0.4, 0.5) is 0 Å². The normalized spacial score (nSPS) is 33.0. The fourth-order valence-electron chi connectivity index (χ4n) is 10.2. The maximum atomic E-state index is 12.2. The molecule has 1 saturated carbocycles. The number of piperidine rings is 3. The molecule has 3 aliphatic heterocycles. The molecule has 12 nitrogen and oxygen atoms in total. The Hall–Kier alpha value is -3.48. The molecule has 3 saturated heterocycles. The molecule has 6 aliphatic rings. The van der Waals surface area contributed by atoms with Crippen molar-refractivity contribution in [2.24, 2.45) is 19.5 Å². The van der Waals surface area contributed by atoms with E-state index < -0.39 is 5.41 Å². The fraction of sp³-hybridized carbons (Fsp3) is 0.692. The number of rotatable bonds is 0. The molecule has 5 heterocycles. The largest absolute Gasteiger partial charge is 0.515 e. The van der Waals surface area contributed by atoms with Gasteiger partial charge in [-0.1, -0.05) is 28.2 Å². The second-order valence-electron chi connectivity index (χ2n) is 16.3. The Kier molecular flexibility index (Phi) is 11.0. The van der Waals surface area contributed by atoms with E-state index in [1.54, 1.807) is 11.9 Å². The van der Waals surface area contributed by atoms with Crippen LogP contribution in [-0.4, -0.2) is 102 Å². The number of fused-ring (bicyclic) bond motifs is 7. The third-order valence-corrected chi connectivity index (χ3v) is 14.4. The summed E-state index contributed by atoms with van der Waals surface area (Å²) in [7, 11) is 9.60. The van der Waals surface area contributed by atoms with Gasteiger partial charge in [0.25, 0.3) is 0 Å². The molecule has 3 amide bonds. The number of nitrogens with zero attached hydrogens (tertiary/aromatic N) is 7. The lowest BCUT2D eigenvalue weighted by molar-refractivity contribution is -0.148. The lowest BCUT2D eigenvalue weighted by Gasteiger charge is -2.48. The molecule has 0 unspecified atom stereocenters. The second-order valence-corrected chi connectivity index (χ2v) is 17.1. The van der Waals surface area contributed by atoms with Gasteiger partial charge in [-0.15, -0.1) is 0 Å². The van der Waals surface area contributed by atoms with Crippen molar-refractivity contribution < 1.29 is 24.3 Å². The molecular weight excluding hydrogens is 726 g/mol.